The van der Waals surface area contributed by atoms with Gasteiger partial charge in [0.05, 0.1) is 0 Å². The Morgan fingerprint density at radius 3 is 2.83 bits per heavy atom. The van der Waals surface area contributed by atoms with Crippen molar-refractivity contribution in [2.75, 3.05) is 6.54 Å². The first-order valence-electron chi connectivity index (χ1n) is 7.10. The van der Waals surface area contributed by atoms with Crippen LogP contribution in [0.3, 0.4) is 0 Å². The summed E-state index contributed by atoms with van der Waals surface area (Å²) in [6, 6.07) is 7.43. The summed E-state index contributed by atoms with van der Waals surface area (Å²) in [4.78, 5) is 0. The van der Waals surface area contributed by atoms with Crippen LogP contribution in [0, 0.1) is 12.3 Å². The molecule has 0 spiro atoms. The first kappa shape index (κ1) is 13.2. The number of nitrogens with one attached hydrogen (secondary N) is 1. The van der Waals surface area contributed by atoms with Gasteiger partial charge >= 0.3 is 0 Å². The van der Waals surface area contributed by atoms with Crippen LogP contribution in [0.25, 0.3) is 0 Å². The van der Waals surface area contributed by atoms with Crippen LogP contribution in [-0.4, -0.2) is 6.54 Å². The summed E-state index contributed by atoms with van der Waals surface area (Å²) in [5, 5.41) is 3.54. The fourth-order valence-electron chi connectivity index (χ4n) is 2.65. The molecule has 1 aromatic carbocycles. The number of fused-ring (bicyclic) bond motifs is 1. The first-order valence-corrected chi connectivity index (χ1v) is 7.10. The molecule has 0 aromatic heterocycles. The maximum absolute atomic E-state index is 5.26. The molecule has 2 rings (SSSR count). The summed E-state index contributed by atoms with van der Waals surface area (Å²) in [5.41, 5.74) is 4.54. The molecule has 0 saturated heterocycles. The zero-order valence-corrected chi connectivity index (χ0v) is 11.3. The second-order valence-corrected chi connectivity index (χ2v) is 5.22. The SMILES string of the molecule is C#CCCCNC(C)c1ccc2c(c1)CCCC2. The van der Waals surface area contributed by atoms with E-state index in [0.717, 1.165) is 19.4 Å². The average molecular weight is 241 g/mol. The summed E-state index contributed by atoms with van der Waals surface area (Å²) in [6.07, 6.45) is 12.4. The van der Waals surface area contributed by atoms with Crippen LogP contribution < -0.4 is 5.32 Å². The maximum Gasteiger partial charge on any atom is 0.0291 e. The van der Waals surface area contributed by atoms with Gasteiger partial charge in [0.25, 0.3) is 0 Å². The molecule has 0 fully saturated rings. The summed E-state index contributed by atoms with van der Waals surface area (Å²) < 4.78 is 0. The van der Waals surface area contributed by atoms with Gasteiger partial charge in [-0.25, -0.2) is 0 Å². The largest absolute Gasteiger partial charge is 0.310 e. The Labute approximate surface area is 111 Å². The molecule has 1 atom stereocenters. The molecule has 1 aromatic rings. The molecule has 1 aliphatic carbocycles. The summed E-state index contributed by atoms with van der Waals surface area (Å²) in [6.45, 7) is 3.24. The smallest absolute Gasteiger partial charge is 0.0291 e. The molecule has 0 heterocycles. The predicted octanol–water partition coefficient (Wildman–Crippen LogP) is 3.63. The zero-order valence-electron chi connectivity index (χ0n) is 11.3. The van der Waals surface area contributed by atoms with Gasteiger partial charge in [-0.3, -0.25) is 0 Å². The molecule has 1 nitrogen and oxygen atoms in total. The van der Waals surface area contributed by atoms with Gasteiger partial charge in [0.1, 0.15) is 0 Å². The third kappa shape index (κ3) is 3.37. The van der Waals surface area contributed by atoms with Gasteiger partial charge in [-0.2, -0.15) is 0 Å². The molecule has 18 heavy (non-hydrogen) atoms. The molecular formula is C17H23N. The predicted molar refractivity (Wildman–Crippen MR) is 77.6 cm³/mol. The maximum atomic E-state index is 5.26. The average Bonchev–Trinajstić information content (AvgIpc) is 2.43. The van der Waals surface area contributed by atoms with Crippen molar-refractivity contribution in [2.45, 2.75) is 51.5 Å². The van der Waals surface area contributed by atoms with Gasteiger partial charge in [0.15, 0.2) is 0 Å². The number of aryl methyl sites for hydroxylation is 2. The molecule has 0 bridgehead atoms. The number of terminal acetylenes is 1. The number of benzene rings is 1. The van der Waals surface area contributed by atoms with Crippen molar-refractivity contribution in [1.82, 2.24) is 5.32 Å². The Bertz CT molecular complexity index is 428. The van der Waals surface area contributed by atoms with E-state index in [0.29, 0.717) is 6.04 Å². The van der Waals surface area contributed by atoms with Gasteiger partial charge in [-0.05, 0) is 62.3 Å². The number of hydrogen-bond donors (Lipinski definition) is 1. The Hall–Kier alpha value is -1.26. The highest BCUT2D eigenvalue weighted by Gasteiger charge is 2.11. The van der Waals surface area contributed by atoms with Crippen LogP contribution in [0.5, 0.6) is 0 Å². The zero-order chi connectivity index (χ0) is 12.8. The second-order valence-electron chi connectivity index (χ2n) is 5.22. The van der Waals surface area contributed by atoms with Crippen molar-refractivity contribution in [1.29, 1.82) is 0 Å². The second kappa shape index (κ2) is 6.61. The van der Waals surface area contributed by atoms with Crippen molar-refractivity contribution >= 4 is 0 Å². The lowest BCUT2D eigenvalue weighted by atomic mass is 9.89. The van der Waals surface area contributed by atoms with Gasteiger partial charge in [-0.15, -0.1) is 12.3 Å². The topological polar surface area (TPSA) is 12.0 Å². The first-order chi connectivity index (χ1) is 8.81. The highest BCUT2D eigenvalue weighted by molar-refractivity contribution is 5.35. The van der Waals surface area contributed by atoms with E-state index in [1.165, 1.54) is 31.2 Å². The van der Waals surface area contributed by atoms with Crippen LogP contribution in [-0.2, 0) is 12.8 Å². The monoisotopic (exact) mass is 241 g/mol. The molecular weight excluding hydrogens is 218 g/mol. The van der Waals surface area contributed by atoms with Crippen molar-refractivity contribution in [3.63, 3.8) is 0 Å². The lowest BCUT2D eigenvalue weighted by Crippen LogP contribution is -2.20. The molecule has 0 saturated carbocycles. The minimum Gasteiger partial charge on any atom is -0.310 e. The molecule has 0 amide bonds. The third-order valence-electron chi connectivity index (χ3n) is 3.82. The Morgan fingerprint density at radius 2 is 2.06 bits per heavy atom. The number of rotatable bonds is 5. The Kier molecular flexibility index (Phi) is 4.84. The van der Waals surface area contributed by atoms with Crippen LogP contribution in [0.2, 0.25) is 0 Å². The molecule has 0 aliphatic heterocycles. The van der Waals surface area contributed by atoms with E-state index in [-0.39, 0.29) is 0 Å². The quantitative estimate of drug-likeness (QED) is 0.613. The van der Waals surface area contributed by atoms with Gasteiger partial charge in [-0.1, -0.05) is 18.2 Å². The standard InChI is InChI=1S/C17H23N/c1-3-4-7-12-18-14(2)16-11-10-15-8-5-6-9-17(15)13-16/h1,10-11,13-14,18H,4-9,12H2,2H3. The van der Waals surface area contributed by atoms with E-state index in [1.807, 2.05) is 0 Å². The fourth-order valence-corrected chi connectivity index (χ4v) is 2.65. The van der Waals surface area contributed by atoms with E-state index < -0.39 is 0 Å². The third-order valence-corrected chi connectivity index (χ3v) is 3.82. The Morgan fingerprint density at radius 1 is 1.28 bits per heavy atom. The van der Waals surface area contributed by atoms with E-state index in [2.05, 4.69) is 36.4 Å². The molecule has 1 heteroatoms. The molecule has 1 unspecified atom stereocenters. The van der Waals surface area contributed by atoms with Crippen molar-refractivity contribution < 1.29 is 0 Å². The minimum atomic E-state index is 0.426. The molecule has 96 valence electrons. The van der Waals surface area contributed by atoms with Crippen LogP contribution >= 0.6 is 0 Å². The van der Waals surface area contributed by atoms with Gasteiger partial charge in [0.2, 0.25) is 0 Å². The van der Waals surface area contributed by atoms with Gasteiger partial charge < -0.3 is 5.32 Å². The highest BCUT2D eigenvalue weighted by Crippen LogP contribution is 2.24. The van der Waals surface area contributed by atoms with E-state index >= 15 is 0 Å². The number of hydrogen-bond acceptors (Lipinski definition) is 1. The highest BCUT2D eigenvalue weighted by atomic mass is 14.9. The summed E-state index contributed by atoms with van der Waals surface area (Å²) in [7, 11) is 0. The summed E-state index contributed by atoms with van der Waals surface area (Å²) in [5.74, 6) is 2.68. The molecule has 1 N–H and O–H groups in total. The van der Waals surface area contributed by atoms with E-state index in [1.54, 1.807) is 11.1 Å². The summed E-state index contributed by atoms with van der Waals surface area (Å²) >= 11 is 0. The molecule has 1 aliphatic rings. The van der Waals surface area contributed by atoms with Gasteiger partial charge in [0, 0.05) is 12.5 Å². The Balaban J connectivity index is 1.94. The van der Waals surface area contributed by atoms with Crippen LogP contribution in [0.1, 0.15) is 55.3 Å². The van der Waals surface area contributed by atoms with Crippen LogP contribution in [0.4, 0.5) is 0 Å². The number of unbranched alkanes of at least 4 members (excludes halogenated alkanes) is 1. The lowest BCUT2D eigenvalue weighted by Gasteiger charge is -2.20. The van der Waals surface area contributed by atoms with E-state index in [4.69, 9.17) is 6.42 Å². The minimum absolute atomic E-state index is 0.426. The van der Waals surface area contributed by atoms with Crippen molar-refractivity contribution in [2.24, 2.45) is 0 Å². The lowest BCUT2D eigenvalue weighted by molar-refractivity contribution is 0.561. The fraction of sp³-hybridized carbons (Fsp3) is 0.529. The molecule has 0 radical (unpaired) electrons. The van der Waals surface area contributed by atoms with Crippen molar-refractivity contribution in [3.05, 3.63) is 34.9 Å². The van der Waals surface area contributed by atoms with E-state index in [9.17, 15) is 0 Å². The van der Waals surface area contributed by atoms with Crippen molar-refractivity contribution in [3.8, 4) is 12.3 Å². The normalized spacial score (nSPS) is 15.8. The van der Waals surface area contributed by atoms with Crippen LogP contribution in [0.15, 0.2) is 18.2 Å².